The van der Waals surface area contributed by atoms with Crippen LogP contribution in [-0.4, -0.2) is 11.5 Å². The van der Waals surface area contributed by atoms with E-state index in [1.165, 1.54) is 12.3 Å². The van der Waals surface area contributed by atoms with Gasteiger partial charge in [0.2, 0.25) is 0 Å². The Hall–Kier alpha value is -1.22. The van der Waals surface area contributed by atoms with Crippen LogP contribution in [0.25, 0.3) is 0 Å². The molecular formula is C10H13FN2. The van der Waals surface area contributed by atoms with Gasteiger partial charge in [-0.3, -0.25) is 4.98 Å². The number of nitrogens with one attached hydrogen (secondary N) is 1. The lowest BCUT2D eigenvalue weighted by molar-refractivity contribution is 0.615. The molecule has 1 N–H and O–H groups in total. The fourth-order valence-electron chi connectivity index (χ4n) is 0.973. The summed E-state index contributed by atoms with van der Waals surface area (Å²) in [7, 11) is 0. The van der Waals surface area contributed by atoms with Gasteiger partial charge in [-0.2, -0.15) is 0 Å². The van der Waals surface area contributed by atoms with Gasteiger partial charge in [-0.05, 0) is 18.6 Å². The van der Waals surface area contributed by atoms with Crippen molar-refractivity contribution in [3.8, 4) is 0 Å². The second kappa shape index (κ2) is 4.72. The van der Waals surface area contributed by atoms with E-state index in [1.54, 1.807) is 6.20 Å². The van der Waals surface area contributed by atoms with Crippen molar-refractivity contribution in [2.24, 2.45) is 0 Å². The van der Waals surface area contributed by atoms with Gasteiger partial charge in [0.15, 0.2) is 0 Å². The van der Waals surface area contributed by atoms with Crippen LogP contribution in [0.3, 0.4) is 0 Å². The molecule has 0 radical (unpaired) electrons. The van der Waals surface area contributed by atoms with Gasteiger partial charge in [-0.1, -0.05) is 12.2 Å². The van der Waals surface area contributed by atoms with Crippen LogP contribution in [0.2, 0.25) is 0 Å². The maximum Gasteiger partial charge on any atom is 0.141 e. The van der Waals surface area contributed by atoms with Crippen LogP contribution in [0, 0.1) is 5.82 Å². The number of nitrogens with zero attached hydrogens (tertiary/aromatic N) is 1. The Balaban J connectivity index is 2.41. The van der Waals surface area contributed by atoms with E-state index in [0.29, 0.717) is 6.54 Å². The number of aromatic nitrogens is 1. The van der Waals surface area contributed by atoms with Gasteiger partial charge in [-0.15, -0.1) is 0 Å². The highest BCUT2D eigenvalue weighted by molar-refractivity contribution is 5.10. The summed E-state index contributed by atoms with van der Waals surface area (Å²) in [5.74, 6) is -0.297. The summed E-state index contributed by atoms with van der Waals surface area (Å²) in [6, 6.07) is 1.47. The highest BCUT2D eigenvalue weighted by atomic mass is 19.1. The van der Waals surface area contributed by atoms with E-state index in [-0.39, 0.29) is 5.82 Å². The molecule has 2 nitrogen and oxygen atoms in total. The molecule has 0 amide bonds. The first-order chi connectivity index (χ1) is 6.18. The molecule has 0 bridgehead atoms. The summed E-state index contributed by atoms with van der Waals surface area (Å²) in [4.78, 5) is 3.74. The van der Waals surface area contributed by atoms with E-state index in [0.717, 1.165) is 17.7 Å². The molecular weight excluding hydrogens is 167 g/mol. The summed E-state index contributed by atoms with van der Waals surface area (Å²) in [6.07, 6.45) is 2.84. The summed E-state index contributed by atoms with van der Waals surface area (Å²) in [5.41, 5.74) is 1.91. The van der Waals surface area contributed by atoms with Crippen LogP contribution in [0.4, 0.5) is 4.39 Å². The predicted octanol–water partition coefficient (Wildman–Crippen LogP) is 1.89. The molecule has 1 aromatic heterocycles. The van der Waals surface area contributed by atoms with Gasteiger partial charge in [-0.25, -0.2) is 4.39 Å². The van der Waals surface area contributed by atoms with Crippen LogP contribution in [0.15, 0.2) is 30.6 Å². The average Bonchev–Trinajstić information content (AvgIpc) is 2.03. The minimum absolute atomic E-state index is 0.297. The number of rotatable bonds is 4. The molecule has 70 valence electrons. The molecule has 13 heavy (non-hydrogen) atoms. The molecule has 0 saturated carbocycles. The molecule has 1 heterocycles. The number of hydrogen-bond acceptors (Lipinski definition) is 2. The Labute approximate surface area is 77.5 Å². The van der Waals surface area contributed by atoms with Gasteiger partial charge in [0.25, 0.3) is 0 Å². The third-order valence-electron chi connectivity index (χ3n) is 1.52. The summed E-state index contributed by atoms with van der Waals surface area (Å²) in [5, 5.41) is 3.12. The van der Waals surface area contributed by atoms with E-state index in [2.05, 4.69) is 16.9 Å². The van der Waals surface area contributed by atoms with Gasteiger partial charge in [0, 0.05) is 19.3 Å². The Bertz CT molecular complexity index is 297. The number of hydrogen-bond donors (Lipinski definition) is 1. The van der Waals surface area contributed by atoms with Gasteiger partial charge in [0.1, 0.15) is 5.82 Å². The topological polar surface area (TPSA) is 24.9 Å². The quantitative estimate of drug-likeness (QED) is 0.716. The second-order valence-corrected chi connectivity index (χ2v) is 3.07. The maximum absolute atomic E-state index is 12.6. The van der Waals surface area contributed by atoms with E-state index in [1.807, 2.05) is 6.92 Å². The Morgan fingerprint density at radius 1 is 1.62 bits per heavy atom. The SMILES string of the molecule is C=C(C)CNCc1cncc(F)c1. The van der Waals surface area contributed by atoms with Crippen LogP contribution >= 0.6 is 0 Å². The first-order valence-electron chi connectivity index (χ1n) is 4.13. The van der Waals surface area contributed by atoms with Crippen molar-refractivity contribution in [2.75, 3.05) is 6.54 Å². The minimum atomic E-state index is -0.297. The smallest absolute Gasteiger partial charge is 0.141 e. The predicted molar refractivity (Wildman–Crippen MR) is 50.7 cm³/mol. The third-order valence-corrected chi connectivity index (χ3v) is 1.52. The molecule has 0 aliphatic carbocycles. The molecule has 0 aromatic carbocycles. The first kappa shape index (κ1) is 9.86. The van der Waals surface area contributed by atoms with Crippen molar-refractivity contribution in [2.45, 2.75) is 13.5 Å². The Morgan fingerprint density at radius 2 is 2.38 bits per heavy atom. The normalized spacial score (nSPS) is 10.0. The van der Waals surface area contributed by atoms with Gasteiger partial charge < -0.3 is 5.32 Å². The molecule has 0 saturated heterocycles. The highest BCUT2D eigenvalue weighted by Gasteiger charge is 1.95. The lowest BCUT2D eigenvalue weighted by atomic mass is 10.2. The molecule has 3 heteroatoms. The van der Waals surface area contributed by atoms with Crippen molar-refractivity contribution in [1.29, 1.82) is 0 Å². The molecule has 0 fully saturated rings. The maximum atomic E-state index is 12.6. The molecule has 0 spiro atoms. The molecule has 1 aromatic rings. The van der Waals surface area contributed by atoms with E-state index in [4.69, 9.17) is 0 Å². The number of pyridine rings is 1. The average molecular weight is 180 g/mol. The largest absolute Gasteiger partial charge is 0.309 e. The van der Waals surface area contributed by atoms with Gasteiger partial charge in [0.05, 0.1) is 6.20 Å². The van der Waals surface area contributed by atoms with Crippen molar-refractivity contribution < 1.29 is 4.39 Å². The molecule has 1 rings (SSSR count). The fraction of sp³-hybridized carbons (Fsp3) is 0.300. The lowest BCUT2D eigenvalue weighted by Crippen LogP contribution is -2.15. The Morgan fingerprint density at radius 3 is 3.00 bits per heavy atom. The molecule has 0 atom stereocenters. The van der Waals surface area contributed by atoms with Crippen LogP contribution in [0.5, 0.6) is 0 Å². The van der Waals surface area contributed by atoms with E-state index < -0.39 is 0 Å². The van der Waals surface area contributed by atoms with Crippen LogP contribution in [0.1, 0.15) is 12.5 Å². The second-order valence-electron chi connectivity index (χ2n) is 3.07. The minimum Gasteiger partial charge on any atom is -0.309 e. The Kier molecular flexibility index (Phi) is 3.58. The lowest BCUT2D eigenvalue weighted by Gasteiger charge is -2.03. The fourth-order valence-corrected chi connectivity index (χ4v) is 0.973. The van der Waals surface area contributed by atoms with Crippen molar-refractivity contribution in [3.63, 3.8) is 0 Å². The van der Waals surface area contributed by atoms with Crippen molar-refractivity contribution >= 4 is 0 Å². The van der Waals surface area contributed by atoms with Crippen LogP contribution in [-0.2, 0) is 6.54 Å². The van der Waals surface area contributed by atoms with Crippen molar-refractivity contribution in [3.05, 3.63) is 42.0 Å². The molecule has 0 aliphatic heterocycles. The van der Waals surface area contributed by atoms with E-state index >= 15 is 0 Å². The number of halogens is 1. The van der Waals surface area contributed by atoms with Gasteiger partial charge >= 0.3 is 0 Å². The zero-order valence-electron chi connectivity index (χ0n) is 7.68. The van der Waals surface area contributed by atoms with Crippen LogP contribution < -0.4 is 5.32 Å². The van der Waals surface area contributed by atoms with Crippen molar-refractivity contribution in [1.82, 2.24) is 10.3 Å². The zero-order valence-corrected chi connectivity index (χ0v) is 7.68. The highest BCUT2D eigenvalue weighted by Crippen LogP contribution is 1.99. The summed E-state index contributed by atoms with van der Waals surface area (Å²) >= 11 is 0. The summed E-state index contributed by atoms with van der Waals surface area (Å²) < 4.78 is 12.6. The summed E-state index contributed by atoms with van der Waals surface area (Å²) in [6.45, 7) is 7.06. The molecule has 0 aliphatic rings. The van der Waals surface area contributed by atoms with E-state index in [9.17, 15) is 4.39 Å². The zero-order chi connectivity index (χ0) is 9.68. The third kappa shape index (κ3) is 3.80. The first-order valence-corrected chi connectivity index (χ1v) is 4.13. The molecule has 0 unspecified atom stereocenters. The monoisotopic (exact) mass is 180 g/mol. The standard InChI is InChI=1S/C10H13FN2/c1-8(2)4-12-5-9-3-10(11)7-13-6-9/h3,6-7,12H,1,4-5H2,2H3.